The lowest BCUT2D eigenvalue weighted by Gasteiger charge is -2.35. The Kier molecular flexibility index (Phi) is 20.5. The second-order valence-electron chi connectivity index (χ2n) is 22.1. The van der Waals surface area contributed by atoms with Gasteiger partial charge in [-0.2, -0.15) is 13.7 Å². The van der Waals surface area contributed by atoms with Crippen LogP contribution >= 0.6 is 12.2 Å². The van der Waals surface area contributed by atoms with Gasteiger partial charge < -0.3 is 77.0 Å². The molecule has 0 fully saturated rings. The number of aromatic carboxylic acids is 1. The van der Waals surface area contributed by atoms with Crippen LogP contribution in [0.1, 0.15) is 89.5 Å². The molecular weight excluding hydrogens is 1140 g/mol. The van der Waals surface area contributed by atoms with Crippen molar-refractivity contribution in [3.63, 3.8) is 0 Å². The van der Waals surface area contributed by atoms with Gasteiger partial charge in [-0.3, -0.25) is 19.2 Å². The van der Waals surface area contributed by atoms with Gasteiger partial charge in [-0.05, 0) is 73.4 Å². The summed E-state index contributed by atoms with van der Waals surface area (Å²) in [7, 11) is 12.6. The number of fused-ring (bicyclic) bond motifs is 2. The van der Waals surface area contributed by atoms with Crippen LogP contribution < -0.4 is 60.4 Å². The van der Waals surface area contributed by atoms with Gasteiger partial charge in [0, 0.05) is 113 Å². The molecule has 0 spiro atoms. The number of nitrogens with one attached hydrogen (secondary N) is 6. The number of pyridine rings is 3. The Balaban J connectivity index is 1.14. The maximum absolute atomic E-state index is 14.4. The van der Waals surface area contributed by atoms with E-state index in [0.29, 0.717) is 56.2 Å². The molecule has 5 aromatic rings. The van der Waals surface area contributed by atoms with Crippen molar-refractivity contribution >= 4 is 69.3 Å². The minimum atomic E-state index is -1.46. The molecule has 0 atom stereocenters. The van der Waals surface area contributed by atoms with Gasteiger partial charge in [0.05, 0.1) is 29.8 Å². The molecule has 87 heavy (non-hydrogen) atoms. The number of aromatic hydroxyl groups is 6. The first kappa shape index (κ1) is 64.8. The molecule has 460 valence electrons. The standard InChI is InChI=1S/C62H73N11O13S/c1-34-25-47(74)57(81)44(71(34)8)31-64-52(77)17-21-62(22-18-53(78)65-32-45-58(82)48(75)26-35(2)72(45)9,23-19-54(79)66-33-46-59(83)49(76)27-36(3)73(46)10)68-55(80)20-24-63-61(87)67-37-11-14-40(60(84)85)43(28-37)56-41-15-12-38(69(4)5)29-50(41)86-51-30-39(70(6)7)13-16-42(51)56/h11-16,25-30H,17-24,31-33H2,1-10H3,(H9-,63,64,65,66,67,68,77,78,79,80,81,82,83,84,85,87)/p+4. The van der Waals surface area contributed by atoms with Gasteiger partial charge in [0.25, 0.3) is 0 Å². The van der Waals surface area contributed by atoms with Crippen molar-refractivity contribution in [1.82, 2.24) is 31.2 Å². The first-order chi connectivity index (χ1) is 41.1. The van der Waals surface area contributed by atoms with Crippen LogP contribution in [0.4, 0.5) is 11.4 Å². The minimum Gasteiger partial charge on any atom is -0.504 e. The summed E-state index contributed by atoms with van der Waals surface area (Å²) in [4.78, 5) is 70.7. The predicted octanol–water partition coefficient (Wildman–Crippen LogP) is 3.45. The predicted molar refractivity (Wildman–Crippen MR) is 327 cm³/mol. The molecule has 13 N–H and O–H groups in total. The van der Waals surface area contributed by atoms with E-state index in [1.165, 1.54) is 24.3 Å². The number of carboxylic acids is 1. The number of carboxylic acid groups (broad SMARTS) is 1. The Morgan fingerprint density at radius 2 is 1.08 bits per heavy atom. The highest BCUT2D eigenvalue weighted by atomic mass is 32.1. The van der Waals surface area contributed by atoms with E-state index in [1.54, 1.807) is 67.7 Å². The van der Waals surface area contributed by atoms with Gasteiger partial charge in [0.2, 0.25) is 63.3 Å². The number of benzene rings is 3. The van der Waals surface area contributed by atoms with Crippen molar-refractivity contribution in [3.05, 3.63) is 118 Å². The van der Waals surface area contributed by atoms with Gasteiger partial charge >= 0.3 is 5.97 Å². The summed E-state index contributed by atoms with van der Waals surface area (Å²) < 4.78 is 13.2. The molecule has 25 heteroatoms. The third-order valence-corrected chi connectivity index (χ3v) is 16.0. The molecule has 4 heterocycles. The van der Waals surface area contributed by atoms with E-state index in [-0.39, 0.29) is 116 Å². The van der Waals surface area contributed by atoms with Crippen molar-refractivity contribution in [2.24, 2.45) is 21.1 Å². The smallest absolute Gasteiger partial charge is 0.336 e. The Hall–Kier alpha value is -9.78. The SMILES string of the molecule is Cc1cc(O)c(O)c(CNC(=O)CCC(CCC(=O)NCc2c(O)c(O)cc(C)[n+]2C)(CCC(=O)NCc2c(O)c(O)cc(C)[n+]2C)NC(=O)CCNC(=S)Nc2ccc(C(=O)O)c(-c3c4ccc(=[N+](C)C)cc-4oc4cc(N(C)C)ccc34)c2)[n+]1C. The van der Waals surface area contributed by atoms with E-state index in [9.17, 15) is 59.7 Å². The number of aryl methyl sites for hydroxylation is 3. The summed E-state index contributed by atoms with van der Waals surface area (Å²) in [6.07, 6.45) is -1.40. The molecule has 0 saturated carbocycles. The van der Waals surface area contributed by atoms with E-state index in [4.69, 9.17) is 16.6 Å². The molecule has 24 nitrogen and oxygen atoms in total. The van der Waals surface area contributed by atoms with Crippen LogP contribution in [0.25, 0.3) is 33.4 Å². The average molecular weight is 1220 g/mol. The van der Waals surface area contributed by atoms with Crippen molar-refractivity contribution in [2.75, 3.05) is 45.0 Å². The summed E-state index contributed by atoms with van der Waals surface area (Å²) >= 11 is 5.73. The molecule has 4 amide bonds. The second kappa shape index (κ2) is 27.5. The summed E-state index contributed by atoms with van der Waals surface area (Å²) in [6.45, 7) is 4.47. The number of anilines is 2. The van der Waals surface area contributed by atoms with Gasteiger partial charge in [-0.15, -0.1) is 0 Å². The third kappa shape index (κ3) is 15.4. The summed E-state index contributed by atoms with van der Waals surface area (Å²) in [5.74, 6) is -5.23. The number of aromatic nitrogens is 3. The molecule has 2 aliphatic rings. The zero-order valence-electron chi connectivity index (χ0n) is 50.4. The number of hydrogen-bond acceptors (Lipinski definition) is 14. The summed E-state index contributed by atoms with van der Waals surface area (Å²) in [5.41, 5.74) is 4.48. The molecule has 3 aromatic heterocycles. The fourth-order valence-corrected chi connectivity index (χ4v) is 10.5. The van der Waals surface area contributed by atoms with Crippen LogP contribution in [0.5, 0.6) is 34.5 Å². The van der Waals surface area contributed by atoms with Crippen molar-refractivity contribution < 1.29 is 77.8 Å². The first-order valence-electron chi connectivity index (χ1n) is 28.0. The van der Waals surface area contributed by atoms with Gasteiger partial charge in [-0.1, -0.05) is 0 Å². The van der Waals surface area contributed by atoms with Crippen molar-refractivity contribution in [3.8, 4) is 56.9 Å². The molecule has 0 unspecified atom stereocenters. The molecule has 2 aromatic carbocycles. The lowest BCUT2D eigenvalue weighted by Crippen LogP contribution is -2.51. The van der Waals surface area contributed by atoms with E-state index in [0.717, 1.165) is 11.0 Å². The number of amides is 4. The molecule has 7 rings (SSSR count). The Morgan fingerprint density at radius 3 is 1.53 bits per heavy atom. The lowest BCUT2D eigenvalue weighted by molar-refractivity contribution is -0.686. The average Bonchev–Trinajstić information content (AvgIpc) is 0.952. The van der Waals surface area contributed by atoms with Crippen LogP contribution in [0.3, 0.4) is 0 Å². The number of rotatable bonds is 23. The van der Waals surface area contributed by atoms with Crippen LogP contribution in [-0.4, -0.2) is 111 Å². The van der Waals surface area contributed by atoms with E-state index in [1.807, 2.05) is 74.1 Å². The third-order valence-electron chi connectivity index (χ3n) is 15.8. The van der Waals surface area contributed by atoms with Gasteiger partial charge in [-0.25, -0.2) is 9.37 Å². The monoisotopic (exact) mass is 1220 g/mol. The van der Waals surface area contributed by atoms with E-state index < -0.39 is 52.4 Å². The highest BCUT2D eigenvalue weighted by Crippen LogP contribution is 2.43. The highest BCUT2D eigenvalue weighted by Gasteiger charge is 2.35. The fraction of sp³-hybridized carbons (Fsp3) is 0.355. The lowest BCUT2D eigenvalue weighted by atomic mass is 9.83. The van der Waals surface area contributed by atoms with Crippen molar-refractivity contribution in [2.45, 2.75) is 90.9 Å². The Labute approximate surface area is 508 Å². The van der Waals surface area contributed by atoms with Crippen LogP contribution in [0.15, 0.2) is 77.2 Å². The molecule has 1 aliphatic heterocycles. The number of carbonyl (C=O) groups is 5. The summed E-state index contributed by atoms with van der Waals surface area (Å²) in [5, 5.41) is 92.8. The fourth-order valence-electron chi connectivity index (χ4n) is 10.2. The number of thiocarbonyl (C=S) groups is 1. The van der Waals surface area contributed by atoms with E-state index in [2.05, 4.69) is 31.9 Å². The van der Waals surface area contributed by atoms with E-state index >= 15 is 0 Å². The molecular formula is C62H77N11O13S+4. The molecule has 0 bridgehead atoms. The highest BCUT2D eigenvalue weighted by molar-refractivity contribution is 7.80. The second-order valence-corrected chi connectivity index (χ2v) is 22.5. The maximum Gasteiger partial charge on any atom is 0.336 e. The van der Waals surface area contributed by atoms with Gasteiger partial charge in [0.1, 0.15) is 66.2 Å². The van der Waals surface area contributed by atoms with Crippen LogP contribution in [0.2, 0.25) is 0 Å². The number of nitrogens with zero attached hydrogens (tertiary/aromatic N) is 5. The molecule has 0 saturated heterocycles. The quantitative estimate of drug-likeness (QED) is 0.0248. The Bertz CT molecular complexity index is 3620. The van der Waals surface area contributed by atoms with Crippen molar-refractivity contribution in [1.29, 1.82) is 0 Å². The van der Waals surface area contributed by atoms with Crippen LogP contribution in [-0.2, 0) is 60.0 Å². The zero-order valence-corrected chi connectivity index (χ0v) is 51.2. The largest absolute Gasteiger partial charge is 0.504 e. The molecule has 1 aliphatic carbocycles. The number of carbonyl (C=O) groups excluding carboxylic acids is 4. The summed E-state index contributed by atoms with van der Waals surface area (Å²) in [6, 6.07) is 20.3. The number of hydrogen-bond donors (Lipinski definition) is 13. The molecule has 0 radical (unpaired) electrons. The Morgan fingerprint density at radius 1 is 0.598 bits per heavy atom. The van der Waals surface area contributed by atoms with Crippen LogP contribution in [0, 0.1) is 20.8 Å². The topological polar surface area (TPSA) is 330 Å². The normalized spacial score (nSPS) is 11.3. The minimum absolute atomic E-state index is 0.0223. The zero-order chi connectivity index (χ0) is 63.8. The first-order valence-corrected chi connectivity index (χ1v) is 28.4. The van der Waals surface area contributed by atoms with Gasteiger partial charge in [0.15, 0.2) is 39.4 Å². The maximum atomic E-state index is 14.4.